The molecule has 0 aliphatic carbocycles. The van der Waals surface area contributed by atoms with Gasteiger partial charge in [-0.25, -0.2) is 13.4 Å². The number of oxazole rings is 1. The van der Waals surface area contributed by atoms with Gasteiger partial charge in [0.1, 0.15) is 5.52 Å². The van der Waals surface area contributed by atoms with E-state index in [4.69, 9.17) is 4.42 Å². The van der Waals surface area contributed by atoms with Gasteiger partial charge in [-0.2, -0.15) is 0 Å². The summed E-state index contributed by atoms with van der Waals surface area (Å²) in [6.45, 7) is 3.11. The Morgan fingerprint density at radius 2 is 2.20 bits per heavy atom. The van der Waals surface area contributed by atoms with E-state index >= 15 is 0 Å². The summed E-state index contributed by atoms with van der Waals surface area (Å²) in [4.78, 5) is 4.77. The van der Waals surface area contributed by atoms with Crippen molar-refractivity contribution in [3.63, 3.8) is 0 Å². The maximum Gasteiger partial charge on any atom is 0.198 e. The fourth-order valence-corrected chi connectivity index (χ4v) is 3.33. The predicted octanol–water partition coefficient (Wildman–Crippen LogP) is 2.09. The minimum Gasteiger partial charge on any atom is -0.440 e. The van der Waals surface area contributed by atoms with Crippen LogP contribution in [0.15, 0.2) is 27.5 Å². The van der Waals surface area contributed by atoms with E-state index in [1.807, 2.05) is 0 Å². The number of aromatic nitrogens is 1. The van der Waals surface area contributed by atoms with Crippen molar-refractivity contribution in [1.29, 1.82) is 0 Å². The zero-order valence-electron chi connectivity index (χ0n) is 11.6. The molecule has 1 N–H and O–H groups in total. The minimum atomic E-state index is -3.21. The molecular weight excluding hydrogens is 276 g/mol. The largest absolute Gasteiger partial charge is 0.440 e. The molecular formula is C14H18N2O3S. The number of benzene rings is 1. The number of nitrogens with one attached hydrogen (secondary N) is 1. The highest BCUT2D eigenvalue weighted by molar-refractivity contribution is 7.90. The normalized spacial score (nSPS) is 24.1. The van der Waals surface area contributed by atoms with Crippen molar-refractivity contribution in [1.82, 2.24) is 10.3 Å². The van der Waals surface area contributed by atoms with Crippen LogP contribution >= 0.6 is 0 Å². The van der Waals surface area contributed by atoms with Crippen molar-refractivity contribution in [2.24, 2.45) is 0 Å². The van der Waals surface area contributed by atoms with Crippen molar-refractivity contribution >= 4 is 20.9 Å². The fraction of sp³-hybridized carbons (Fsp3) is 0.500. The van der Waals surface area contributed by atoms with Gasteiger partial charge >= 0.3 is 0 Å². The van der Waals surface area contributed by atoms with Crippen LogP contribution in [0.25, 0.3) is 11.1 Å². The molecule has 1 aliphatic heterocycles. The second kappa shape index (κ2) is 4.86. The standard InChI is InChI=1S/C14H18N2O3S/c1-9-7-10(5-6-15-9)14-16-12-8-11(20(2,17)18)3-4-13(12)19-14/h3-4,8-10,15H,5-7H2,1-2H3. The fourth-order valence-electron chi connectivity index (χ4n) is 2.69. The first-order valence-electron chi connectivity index (χ1n) is 6.77. The van der Waals surface area contributed by atoms with Crippen LogP contribution in [0.2, 0.25) is 0 Å². The molecule has 2 heterocycles. The summed E-state index contributed by atoms with van der Waals surface area (Å²) in [5.74, 6) is 1.03. The summed E-state index contributed by atoms with van der Waals surface area (Å²) in [5, 5.41) is 3.40. The van der Waals surface area contributed by atoms with Crippen LogP contribution in [0, 0.1) is 0 Å². The minimum absolute atomic E-state index is 0.281. The number of hydrogen-bond donors (Lipinski definition) is 1. The summed E-state index contributed by atoms with van der Waals surface area (Å²) in [6.07, 6.45) is 3.19. The Kier molecular flexibility index (Phi) is 3.30. The van der Waals surface area contributed by atoms with Crippen molar-refractivity contribution < 1.29 is 12.8 Å². The number of hydrogen-bond acceptors (Lipinski definition) is 5. The van der Waals surface area contributed by atoms with Gasteiger partial charge < -0.3 is 9.73 Å². The highest BCUT2D eigenvalue weighted by Gasteiger charge is 2.24. The topological polar surface area (TPSA) is 72.2 Å². The van der Waals surface area contributed by atoms with Gasteiger partial charge in [0.25, 0.3) is 0 Å². The SMILES string of the molecule is CC1CC(c2nc3cc(S(C)(=O)=O)ccc3o2)CCN1. The molecule has 1 saturated heterocycles. The molecule has 20 heavy (non-hydrogen) atoms. The lowest BCUT2D eigenvalue weighted by Crippen LogP contribution is -2.34. The molecule has 0 spiro atoms. The van der Waals surface area contributed by atoms with E-state index < -0.39 is 9.84 Å². The third kappa shape index (κ3) is 2.58. The van der Waals surface area contributed by atoms with Gasteiger partial charge in [-0.15, -0.1) is 0 Å². The average Bonchev–Trinajstić information content (AvgIpc) is 2.80. The highest BCUT2D eigenvalue weighted by atomic mass is 32.2. The van der Waals surface area contributed by atoms with Crippen LogP contribution in [0.3, 0.4) is 0 Å². The Bertz CT molecular complexity index is 736. The molecule has 108 valence electrons. The number of fused-ring (bicyclic) bond motifs is 1. The zero-order valence-corrected chi connectivity index (χ0v) is 12.4. The predicted molar refractivity (Wildman–Crippen MR) is 76.6 cm³/mol. The summed E-state index contributed by atoms with van der Waals surface area (Å²) in [6, 6.07) is 5.29. The Morgan fingerprint density at radius 1 is 1.40 bits per heavy atom. The Morgan fingerprint density at radius 3 is 2.90 bits per heavy atom. The van der Waals surface area contributed by atoms with Crippen molar-refractivity contribution in [3.05, 3.63) is 24.1 Å². The Hall–Kier alpha value is -1.40. The molecule has 1 aromatic heterocycles. The summed E-state index contributed by atoms with van der Waals surface area (Å²) >= 11 is 0. The van der Waals surface area contributed by atoms with Crippen LogP contribution < -0.4 is 5.32 Å². The van der Waals surface area contributed by atoms with Crippen LogP contribution in [0.5, 0.6) is 0 Å². The van der Waals surface area contributed by atoms with Gasteiger partial charge in [-0.05, 0) is 44.5 Å². The maximum absolute atomic E-state index is 11.6. The smallest absolute Gasteiger partial charge is 0.198 e. The molecule has 5 nitrogen and oxygen atoms in total. The molecule has 1 fully saturated rings. The lowest BCUT2D eigenvalue weighted by molar-refractivity contribution is 0.336. The van der Waals surface area contributed by atoms with Crippen LogP contribution in [-0.4, -0.2) is 32.2 Å². The van der Waals surface area contributed by atoms with E-state index in [9.17, 15) is 8.42 Å². The van der Waals surface area contributed by atoms with Gasteiger partial charge in [0.2, 0.25) is 0 Å². The molecule has 0 saturated carbocycles. The van der Waals surface area contributed by atoms with Crippen molar-refractivity contribution in [2.45, 2.75) is 36.6 Å². The summed E-state index contributed by atoms with van der Waals surface area (Å²) < 4.78 is 28.9. The monoisotopic (exact) mass is 294 g/mol. The number of sulfone groups is 1. The molecule has 2 aromatic rings. The molecule has 6 heteroatoms. The van der Waals surface area contributed by atoms with Crippen LogP contribution in [0.4, 0.5) is 0 Å². The third-order valence-electron chi connectivity index (χ3n) is 3.78. The summed E-state index contributed by atoms with van der Waals surface area (Å²) in [7, 11) is -3.21. The number of piperidine rings is 1. The van der Waals surface area contributed by atoms with Crippen LogP contribution in [-0.2, 0) is 9.84 Å². The highest BCUT2D eigenvalue weighted by Crippen LogP contribution is 2.30. The molecule has 0 amide bonds. The molecule has 1 aromatic carbocycles. The van der Waals surface area contributed by atoms with Gasteiger partial charge in [0.15, 0.2) is 21.3 Å². The van der Waals surface area contributed by atoms with Gasteiger partial charge in [0.05, 0.1) is 4.90 Å². The summed E-state index contributed by atoms with van der Waals surface area (Å²) in [5.41, 5.74) is 1.27. The first-order valence-corrected chi connectivity index (χ1v) is 8.66. The van der Waals surface area contributed by atoms with Gasteiger partial charge in [0, 0.05) is 18.2 Å². The zero-order chi connectivity index (χ0) is 14.3. The molecule has 1 aliphatic rings. The third-order valence-corrected chi connectivity index (χ3v) is 4.89. The van der Waals surface area contributed by atoms with Crippen molar-refractivity contribution in [3.8, 4) is 0 Å². The van der Waals surface area contributed by atoms with Crippen molar-refractivity contribution in [2.75, 3.05) is 12.8 Å². The second-order valence-electron chi connectivity index (χ2n) is 5.53. The number of nitrogens with zero attached hydrogens (tertiary/aromatic N) is 1. The van der Waals surface area contributed by atoms with E-state index in [2.05, 4.69) is 17.2 Å². The number of rotatable bonds is 2. The van der Waals surface area contributed by atoms with Gasteiger partial charge in [-0.3, -0.25) is 0 Å². The first kappa shape index (κ1) is 13.6. The second-order valence-corrected chi connectivity index (χ2v) is 7.55. The van der Waals surface area contributed by atoms with Gasteiger partial charge in [-0.1, -0.05) is 0 Å². The molecule has 2 atom stereocenters. The van der Waals surface area contributed by atoms with E-state index in [0.29, 0.717) is 23.1 Å². The molecule has 3 rings (SSSR count). The van der Waals surface area contributed by atoms with E-state index in [1.54, 1.807) is 18.2 Å². The molecule has 0 radical (unpaired) electrons. The lowest BCUT2D eigenvalue weighted by Gasteiger charge is -2.25. The quantitative estimate of drug-likeness (QED) is 0.918. The van der Waals surface area contributed by atoms with Crippen LogP contribution in [0.1, 0.15) is 31.6 Å². The Balaban J connectivity index is 1.98. The van der Waals surface area contributed by atoms with E-state index in [0.717, 1.165) is 25.3 Å². The first-order chi connectivity index (χ1) is 9.43. The maximum atomic E-state index is 11.6. The molecule has 2 unspecified atom stereocenters. The van der Waals surface area contributed by atoms with E-state index in [1.165, 1.54) is 6.26 Å². The Labute approximate surface area is 118 Å². The average molecular weight is 294 g/mol. The van der Waals surface area contributed by atoms with E-state index in [-0.39, 0.29) is 4.90 Å². The lowest BCUT2D eigenvalue weighted by atomic mass is 9.93. The molecule has 0 bridgehead atoms.